The molecule has 8 heteroatoms. The number of imidazole rings is 1. The Morgan fingerprint density at radius 3 is 2.50 bits per heavy atom. The van der Waals surface area contributed by atoms with Gasteiger partial charge in [0.25, 0.3) is 0 Å². The average molecular weight is 406 g/mol. The number of nitrogen functional groups attached to an aromatic ring is 1. The van der Waals surface area contributed by atoms with Gasteiger partial charge in [-0.2, -0.15) is 0 Å². The zero-order valence-corrected chi connectivity index (χ0v) is 17.0. The molecule has 0 atom stereocenters. The van der Waals surface area contributed by atoms with Crippen LogP contribution in [-0.4, -0.2) is 30.7 Å². The van der Waals surface area contributed by atoms with E-state index in [1.165, 1.54) is 25.1 Å². The number of aryl methyl sites for hydroxylation is 1. The summed E-state index contributed by atoms with van der Waals surface area (Å²) in [6.07, 6.45) is 6.01. The summed E-state index contributed by atoms with van der Waals surface area (Å²) < 4.78 is 16.4. The number of hydrogen-bond donors (Lipinski definition) is 2. The van der Waals surface area contributed by atoms with E-state index < -0.39 is 5.82 Å². The van der Waals surface area contributed by atoms with Gasteiger partial charge in [-0.1, -0.05) is 24.4 Å². The lowest BCUT2D eigenvalue weighted by Crippen LogP contribution is -2.03. The Bertz CT molecular complexity index is 982. The zero-order valence-electron chi connectivity index (χ0n) is 16.3. The number of aromatic nitrogens is 4. The first kappa shape index (κ1) is 20.5. The Kier molecular flexibility index (Phi) is 6.15. The molecule has 2 aromatic heterocycles. The Balaban J connectivity index is 0.000000320. The highest BCUT2D eigenvalue weighted by molar-refractivity contribution is 6.33. The van der Waals surface area contributed by atoms with Crippen LogP contribution >= 0.6 is 11.6 Å². The summed E-state index contributed by atoms with van der Waals surface area (Å²) in [5.74, 6) is 0.436. The number of fused-ring (bicyclic) bond motifs is 1. The van der Waals surface area contributed by atoms with Gasteiger partial charge in [0, 0.05) is 11.6 Å². The molecule has 1 aliphatic rings. The minimum absolute atomic E-state index is 0.0463. The Labute approximate surface area is 168 Å². The van der Waals surface area contributed by atoms with Gasteiger partial charge in [-0.15, -0.1) is 0 Å². The van der Waals surface area contributed by atoms with Gasteiger partial charge in [-0.05, 0) is 45.7 Å². The summed E-state index contributed by atoms with van der Waals surface area (Å²) in [7, 11) is 0. The van der Waals surface area contributed by atoms with E-state index >= 15 is 0 Å². The van der Waals surface area contributed by atoms with Crippen molar-refractivity contribution in [2.75, 3.05) is 5.73 Å². The third kappa shape index (κ3) is 4.25. The van der Waals surface area contributed by atoms with Crippen molar-refractivity contribution in [1.82, 2.24) is 19.5 Å². The van der Waals surface area contributed by atoms with Crippen LogP contribution in [0.15, 0.2) is 18.3 Å². The molecule has 0 radical (unpaired) electrons. The minimum Gasteiger partial charge on any atom is -0.393 e. The first-order valence-corrected chi connectivity index (χ1v) is 9.80. The van der Waals surface area contributed by atoms with Gasteiger partial charge in [-0.3, -0.25) is 0 Å². The number of rotatable bonds is 2. The van der Waals surface area contributed by atoms with Crippen molar-refractivity contribution in [3.8, 4) is 11.3 Å². The van der Waals surface area contributed by atoms with Crippen LogP contribution in [0.4, 0.5) is 10.3 Å². The molecule has 0 spiro atoms. The summed E-state index contributed by atoms with van der Waals surface area (Å²) >= 11 is 6.12. The topological polar surface area (TPSA) is 89.9 Å². The molecule has 0 bridgehead atoms. The summed E-state index contributed by atoms with van der Waals surface area (Å²) in [6.45, 7) is 5.90. The van der Waals surface area contributed by atoms with Gasteiger partial charge in [0.1, 0.15) is 11.3 Å². The highest BCUT2D eigenvalue weighted by atomic mass is 35.5. The van der Waals surface area contributed by atoms with Crippen molar-refractivity contribution in [3.05, 3.63) is 35.0 Å². The highest BCUT2D eigenvalue weighted by Crippen LogP contribution is 2.31. The van der Waals surface area contributed by atoms with Crippen molar-refractivity contribution < 1.29 is 9.50 Å². The molecule has 4 rings (SSSR count). The molecule has 0 unspecified atom stereocenters. The molecule has 1 aromatic carbocycles. The number of benzene rings is 1. The molecule has 28 heavy (non-hydrogen) atoms. The number of aliphatic hydroxyl groups is 1. The predicted octanol–water partition coefficient (Wildman–Crippen LogP) is 4.68. The number of nitrogens with zero attached hydrogens (tertiary/aromatic N) is 4. The molecule has 150 valence electrons. The van der Waals surface area contributed by atoms with E-state index in [4.69, 9.17) is 22.4 Å². The van der Waals surface area contributed by atoms with E-state index in [2.05, 4.69) is 15.0 Å². The molecule has 1 fully saturated rings. The molecule has 0 aliphatic heterocycles. The SMILES string of the molecule is Cc1nc2c(F)cc(-c3nc(N)ncc3Cl)cc2n1C(C)C.OC1CCCC1. The van der Waals surface area contributed by atoms with Crippen molar-refractivity contribution >= 4 is 28.6 Å². The lowest BCUT2D eigenvalue weighted by atomic mass is 10.1. The molecule has 0 amide bonds. The normalized spacial score (nSPS) is 14.5. The smallest absolute Gasteiger partial charge is 0.220 e. The number of aliphatic hydroxyl groups excluding tert-OH is 1. The number of halogens is 2. The molecule has 6 nitrogen and oxygen atoms in total. The van der Waals surface area contributed by atoms with E-state index in [1.54, 1.807) is 0 Å². The lowest BCUT2D eigenvalue weighted by Gasteiger charge is -2.12. The van der Waals surface area contributed by atoms with E-state index in [9.17, 15) is 4.39 Å². The fraction of sp³-hybridized carbons (Fsp3) is 0.450. The fourth-order valence-corrected chi connectivity index (χ4v) is 3.75. The van der Waals surface area contributed by atoms with Gasteiger partial charge in [0.2, 0.25) is 5.95 Å². The maximum Gasteiger partial charge on any atom is 0.220 e. The average Bonchev–Trinajstić information content (AvgIpc) is 3.23. The van der Waals surface area contributed by atoms with Crippen LogP contribution in [0, 0.1) is 12.7 Å². The van der Waals surface area contributed by atoms with Crippen LogP contribution in [-0.2, 0) is 0 Å². The van der Waals surface area contributed by atoms with Gasteiger partial charge in [-0.25, -0.2) is 19.3 Å². The van der Waals surface area contributed by atoms with Crippen LogP contribution in [0.25, 0.3) is 22.3 Å². The Morgan fingerprint density at radius 1 is 1.25 bits per heavy atom. The van der Waals surface area contributed by atoms with Crippen LogP contribution in [0.3, 0.4) is 0 Å². The molecule has 2 heterocycles. The highest BCUT2D eigenvalue weighted by Gasteiger charge is 2.17. The second kappa shape index (κ2) is 8.41. The fourth-order valence-electron chi connectivity index (χ4n) is 3.54. The Hall–Kier alpha value is -2.25. The quantitative estimate of drug-likeness (QED) is 0.646. The zero-order chi connectivity index (χ0) is 20.4. The van der Waals surface area contributed by atoms with Crippen LogP contribution in [0.1, 0.15) is 51.4 Å². The van der Waals surface area contributed by atoms with E-state index in [-0.39, 0.29) is 18.1 Å². The van der Waals surface area contributed by atoms with E-state index in [1.807, 2.05) is 31.4 Å². The van der Waals surface area contributed by atoms with Crippen LogP contribution < -0.4 is 5.73 Å². The minimum atomic E-state index is -0.414. The second-order valence-corrected chi connectivity index (χ2v) is 7.72. The molecule has 3 N–H and O–H groups in total. The van der Waals surface area contributed by atoms with Crippen LogP contribution in [0.2, 0.25) is 5.02 Å². The second-order valence-electron chi connectivity index (χ2n) is 7.31. The maximum absolute atomic E-state index is 14.4. The standard InChI is InChI=1S/C15H15ClFN5.C5H10O/c1-7(2)22-8(3)20-14-11(17)4-9(5-12(14)22)13-10(16)6-19-15(18)21-13;6-5-3-1-2-4-5/h4-7H,1-3H3,(H2,18,19,21);5-6H,1-4H2. The third-order valence-electron chi connectivity index (χ3n) is 4.80. The maximum atomic E-state index is 14.4. The monoisotopic (exact) mass is 405 g/mol. The third-order valence-corrected chi connectivity index (χ3v) is 5.08. The van der Waals surface area contributed by atoms with Crippen molar-refractivity contribution in [2.45, 2.75) is 58.6 Å². The summed E-state index contributed by atoms with van der Waals surface area (Å²) in [6, 6.07) is 3.35. The van der Waals surface area contributed by atoms with Gasteiger partial charge < -0.3 is 15.4 Å². The summed E-state index contributed by atoms with van der Waals surface area (Å²) in [5.41, 5.74) is 7.60. The molecular weight excluding hydrogens is 381 g/mol. The largest absolute Gasteiger partial charge is 0.393 e. The van der Waals surface area contributed by atoms with E-state index in [0.717, 1.165) is 18.7 Å². The molecule has 0 saturated heterocycles. The molecule has 1 aliphatic carbocycles. The first-order chi connectivity index (χ1) is 13.3. The molecule has 3 aromatic rings. The van der Waals surface area contributed by atoms with Crippen molar-refractivity contribution in [3.63, 3.8) is 0 Å². The van der Waals surface area contributed by atoms with Crippen molar-refractivity contribution in [2.24, 2.45) is 0 Å². The molecule has 1 saturated carbocycles. The predicted molar refractivity (Wildman–Crippen MR) is 110 cm³/mol. The number of anilines is 1. The summed E-state index contributed by atoms with van der Waals surface area (Å²) in [4.78, 5) is 12.2. The lowest BCUT2D eigenvalue weighted by molar-refractivity contribution is 0.183. The first-order valence-electron chi connectivity index (χ1n) is 9.42. The number of nitrogens with two attached hydrogens (primary N) is 1. The van der Waals surface area contributed by atoms with Gasteiger partial charge >= 0.3 is 0 Å². The van der Waals surface area contributed by atoms with Gasteiger partial charge in [0.15, 0.2) is 5.82 Å². The van der Waals surface area contributed by atoms with Gasteiger partial charge in [0.05, 0.1) is 28.5 Å². The van der Waals surface area contributed by atoms with E-state index in [0.29, 0.717) is 27.3 Å². The van der Waals surface area contributed by atoms with Crippen LogP contribution in [0.5, 0.6) is 0 Å². The molecular formula is C20H25ClFN5O. The summed E-state index contributed by atoms with van der Waals surface area (Å²) in [5, 5.41) is 9.05. The number of hydrogen-bond acceptors (Lipinski definition) is 5. The Morgan fingerprint density at radius 2 is 1.93 bits per heavy atom. The van der Waals surface area contributed by atoms with Crippen molar-refractivity contribution in [1.29, 1.82) is 0 Å².